The topological polar surface area (TPSA) is 77.8 Å². The summed E-state index contributed by atoms with van der Waals surface area (Å²) in [5.41, 5.74) is 0. The van der Waals surface area contributed by atoms with Crippen LogP contribution in [0.3, 0.4) is 0 Å². The van der Waals surface area contributed by atoms with Crippen molar-refractivity contribution < 1.29 is 16.0 Å². The number of hydrogen-bond acceptors (Lipinski definition) is 1. The van der Waals surface area contributed by atoms with Gasteiger partial charge in [-0.25, -0.2) is 0 Å². The Morgan fingerprint density at radius 1 is 1.17 bits per heavy atom. The Labute approximate surface area is 96.7 Å². The average molecular weight is 276 g/mol. The maximum absolute atomic E-state index is 8.94. The van der Waals surface area contributed by atoms with Crippen molar-refractivity contribution in [2.75, 3.05) is 0 Å². The van der Waals surface area contributed by atoms with Crippen molar-refractivity contribution >= 4 is 83.4 Å². The van der Waals surface area contributed by atoms with Gasteiger partial charge in [0.2, 0.25) is 0 Å². The van der Waals surface area contributed by atoms with E-state index in [4.69, 9.17) is 16.0 Å². The summed E-state index contributed by atoms with van der Waals surface area (Å²) in [5, 5.41) is 0. The molecule has 0 heterocycles. The molecular weight excluding hydrogens is 272 g/mol. The Bertz CT molecular complexity index is 53.7. The minimum absolute atomic E-state index is 0. The summed E-state index contributed by atoms with van der Waals surface area (Å²) in [6.07, 6.45) is 0. The summed E-state index contributed by atoms with van der Waals surface area (Å²) in [5.74, 6) is 0. The third kappa shape index (κ3) is 33.6. The van der Waals surface area contributed by atoms with Crippen molar-refractivity contribution in [3.05, 3.63) is 0 Å². The Morgan fingerprint density at radius 3 is 1.17 bits per heavy atom. The first-order valence-corrected chi connectivity index (χ1v) is 4.07. The van der Waals surface area contributed by atoms with Crippen LogP contribution >= 0.6 is 0 Å². The molecule has 0 amide bonds. The second-order valence-electron chi connectivity index (χ2n) is 0.513. The molecule has 0 aliphatic heterocycles. The molecule has 0 spiro atoms. The van der Waals surface area contributed by atoms with E-state index in [0.29, 0.717) is 0 Å². The molecule has 0 fully saturated rings. The van der Waals surface area contributed by atoms with Crippen LogP contribution in [0.2, 0.25) is 0 Å². The molecular formula is H4AsCsO4. The van der Waals surface area contributed by atoms with Gasteiger partial charge in [0.05, 0.1) is 0 Å². The molecule has 3 N–H and O–H groups in total. The van der Waals surface area contributed by atoms with Crippen molar-refractivity contribution in [3.63, 3.8) is 0 Å². The molecule has 0 rings (SSSR count). The quantitative estimate of drug-likeness (QED) is 0.417. The second-order valence-corrected chi connectivity index (χ2v) is 2.67. The van der Waals surface area contributed by atoms with Crippen LogP contribution in [0.4, 0.5) is 0 Å². The molecule has 0 aliphatic carbocycles. The van der Waals surface area contributed by atoms with E-state index in [-0.39, 0.29) is 68.9 Å². The molecule has 0 aromatic carbocycles. The zero-order valence-corrected chi connectivity index (χ0v) is 4.07. The van der Waals surface area contributed by atoms with Crippen LogP contribution in [0, 0.1) is 0 Å². The van der Waals surface area contributed by atoms with E-state index in [1.54, 1.807) is 0 Å². The van der Waals surface area contributed by atoms with Crippen LogP contribution in [0.1, 0.15) is 0 Å². The van der Waals surface area contributed by atoms with Gasteiger partial charge in [-0.2, -0.15) is 0 Å². The second kappa shape index (κ2) is 4.20. The fraction of sp³-hybridized carbons (Fsp3) is 0. The van der Waals surface area contributed by atoms with Crippen molar-refractivity contribution in [2.45, 2.75) is 0 Å². The molecule has 6 heavy (non-hydrogen) atoms. The monoisotopic (exact) mass is 276 g/mol. The van der Waals surface area contributed by atoms with Gasteiger partial charge in [0, 0.05) is 0 Å². The van der Waals surface area contributed by atoms with E-state index < -0.39 is 14.5 Å². The Hall–Kier alpha value is 2.29. The molecule has 0 unspecified atom stereocenters. The van der Waals surface area contributed by atoms with Gasteiger partial charge in [0.1, 0.15) is 0 Å². The van der Waals surface area contributed by atoms with Crippen LogP contribution in [0.15, 0.2) is 0 Å². The molecule has 4 nitrogen and oxygen atoms in total. The summed E-state index contributed by atoms with van der Waals surface area (Å²) >= 11 is -5.12. The number of hydrogen-bond donors (Lipinski definition) is 3. The number of rotatable bonds is 0. The molecule has 34 valence electrons. The molecule has 0 atom stereocenters. The minimum atomic E-state index is -5.12. The molecule has 0 bridgehead atoms. The van der Waals surface area contributed by atoms with Crippen LogP contribution in [-0.2, 0) is 3.74 Å². The van der Waals surface area contributed by atoms with E-state index in [0.717, 1.165) is 0 Å². The summed E-state index contributed by atoms with van der Waals surface area (Å²) in [4.78, 5) is 0. The Morgan fingerprint density at radius 2 is 1.17 bits per heavy atom. The standard InChI is InChI=1S/AsH3O4.Cs.H/c2-1(3,4)5;;/h(H3,2,3,4,5);;. The third-order valence-electron chi connectivity index (χ3n) is 0. The fourth-order valence-corrected chi connectivity index (χ4v) is 0. The van der Waals surface area contributed by atoms with Gasteiger partial charge in [-0.1, -0.05) is 0 Å². The first-order chi connectivity index (χ1) is 2.00. The van der Waals surface area contributed by atoms with Crippen LogP contribution < -0.4 is 0 Å². The van der Waals surface area contributed by atoms with Gasteiger partial charge in [0.25, 0.3) is 0 Å². The molecule has 0 aromatic heterocycles. The van der Waals surface area contributed by atoms with Gasteiger partial charge in [-0.05, 0) is 0 Å². The SMILES string of the molecule is O=[As](O)(O)O.[CsH]. The molecule has 6 heteroatoms. The summed E-state index contributed by atoms with van der Waals surface area (Å²) < 4.78 is 30.7. The van der Waals surface area contributed by atoms with Crippen LogP contribution in [-0.4, -0.2) is 95.7 Å². The third-order valence-corrected chi connectivity index (χ3v) is 0. The van der Waals surface area contributed by atoms with E-state index in [1.165, 1.54) is 0 Å². The fourth-order valence-electron chi connectivity index (χ4n) is 0. The first kappa shape index (κ1) is 11.1. The molecule has 0 saturated heterocycles. The van der Waals surface area contributed by atoms with Crippen molar-refractivity contribution in [3.8, 4) is 0 Å². The van der Waals surface area contributed by atoms with Crippen molar-refractivity contribution in [1.82, 2.24) is 0 Å². The molecule has 0 saturated carbocycles. The van der Waals surface area contributed by atoms with Crippen molar-refractivity contribution in [2.24, 2.45) is 0 Å². The van der Waals surface area contributed by atoms with E-state index >= 15 is 0 Å². The van der Waals surface area contributed by atoms with Crippen LogP contribution in [0.25, 0.3) is 0 Å². The maximum atomic E-state index is 8.94. The zero-order valence-electron chi connectivity index (χ0n) is 2.20. The molecule has 0 radical (unpaired) electrons. The normalized spacial score (nSPS) is 9.83. The van der Waals surface area contributed by atoms with Gasteiger partial charge < -0.3 is 0 Å². The van der Waals surface area contributed by atoms with E-state index in [9.17, 15) is 0 Å². The molecule has 0 aromatic rings. The predicted molar refractivity (Wildman–Crippen MR) is 20.2 cm³/mol. The predicted octanol–water partition coefficient (Wildman–Crippen LogP) is -2.82. The summed E-state index contributed by atoms with van der Waals surface area (Å²) in [6, 6.07) is 0. The Kier molecular flexibility index (Phi) is 7.79. The van der Waals surface area contributed by atoms with Gasteiger partial charge in [-0.15, -0.1) is 0 Å². The van der Waals surface area contributed by atoms with Gasteiger partial charge in [0.15, 0.2) is 0 Å². The Balaban J connectivity index is 0. The molecule has 0 aliphatic rings. The summed E-state index contributed by atoms with van der Waals surface area (Å²) in [6.45, 7) is 0. The van der Waals surface area contributed by atoms with Gasteiger partial charge in [-0.3, -0.25) is 0 Å². The van der Waals surface area contributed by atoms with Crippen molar-refractivity contribution in [1.29, 1.82) is 0 Å². The van der Waals surface area contributed by atoms with Gasteiger partial charge >= 0.3 is 99.4 Å². The summed E-state index contributed by atoms with van der Waals surface area (Å²) in [7, 11) is 0. The average Bonchev–Trinajstić information content (AvgIpc) is 0.722. The van der Waals surface area contributed by atoms with Crippen LogP contribution in [0.5, 0.6) is 0 Å². The van der Waals surface area contributed by atoms with E-state index in [2.05, 4.69) is 0 Å². The first-order valence-electron chi connectivity index (χ1n) is 0.783. The van der Waals surface area contributed by atoms with E-state index in [1.807, 2.05) is 0 Å². The zero-order chi connectivity index (χ0) is 4.50.